The lowest BCUT2D eigenvalue weighted by Gasteiger charge is -2.20. The summed E-state index contributed by atoms with van der Waals surface area (Å²) in [5, 5.41) is 2.98. The molecule has 1 heterocycles. The minimum atomic E-state index is -0.230. The largest absolute Gasteiger partial charge is 0.356 e. The molecule has 0 bridgehead atoms. The Labute approximate surface area is 139 Å². The van der Waals surface area contributed by atoms with Crippen molar-refractivity contribution in [3.05, 3.63) is 29.8 Å². The molecule has 1 atom stereocenters. The van der Waals surface area contributed by atoms with E-state index in [1.807, 2.05) is 24.3 Å². The third-order valence-corrected chi connectivity index (χ3v) is 4.42. The van der Waals surface area contributed by atoms with Crippen molar-refractivity contribution >= 4 is 17.5 Å². The second-order valence-electron chi connectivity index (χ2n) is 6.71. The highest BCUT2D eigenvalue weighted by Gasteiger charge is 2.35. The minimum Gasteiger partial charge on any atom is -0.356 e. The Hall–Kier alpha value is -1.84. The predicted octanol–water partition coefficient (Wildman–Crippen LogP) is 3.15. The van der Waals surface area contributed by atoms with Crippen molar-refractivity contribution < 1.29 is 9.59 Å². The normalized spacial score (nSPS) is 17.8. The summed E-state index contributed by atoms with van der Waals surface area (Å²) in [6, 6.07) is 7.95. The van der Waals surface area contributed by atoms with Gasteiger partial charge >= 0.3 is 0 Å². The van der Waals surface area contributed by atoms with Crippen LogP contribution in [-0.4, -0.2) is 24.9 Å². The first kappa shape index (κ1) is 17.5. The maximum absolute atomic E-state index is 12.3. The first-order valence-corrected chi connectivity index (χ1v) is 8.68. The molecule has 1 saturated heterocycles. The average Bonchev–Trinajstić information content (AvgIpc) is 2.93. The van der Waals surface area contributed by atoms with Crippen LogP contribution in [0.2, 0.25) is 0 Å². The summed E-state index contributed by atoms with van der Waals surface area (Å²) < 4.78 is 0. The SMILES string of the molecule is CCc1ccccc1N1CC(C(=O)NCCCC(C)C)CC1=O. The number of carbonyl (C=O) groups excluding carboxylic acids is 2. The van der Waals surface area contributed by atoms with Crippen molar-refractivity contribution in [2.24, 2.45) is 11.8 Å². The van der Waals surface area contributed by atoms with E-state index in [0.717, 1.165) is 30.5 Å². The Morgan fingerprint density at radius 2 is 2.09 bits per heavy atom. The van der Waals surface area contributed by atoms with Crippen molar-refractivity contribution in [1.29, 1.82) is 0 Å². The fraction of sp³-hybridized carbons (Fsp3) is 0.579. The van der Waals surface area contributed by atoms with E-state index in [2.05, 4.69) is 26.1 Å². The summed E-state index contributed by atoms with van der Waals surface area (Å²) >= 11 is 0. The molecule has 0 radical (unpaired) electrons. The van der Waals surface area contributed by atoms with Crippen LogP contribution in [0, 0.1) is 11.8 Å². The number of nitrogens with one attached hydrogen (secondary N) is 1. The average molecular weight is 316 g/mol. The molecule has 2 rings (SSSR count). The third kappa shape index (κ3) is 4.57. The Morgan fingerprint density at radius 1 is 1.35 bits per heavy atom. The van der Waals surface area contributed by atoms with Crippen LogP contribution in [0.15, 0.2) is 24.3 Å². The molecule has 1 fully saturated rings. The highest BCUT2D eigenvalue weighted by atomic mass is 16.2. The second kappa shape index (κ2) is 8.14. The van der Waals surface area contributed by atoms with Crippen LogP contribution < -0.4 is 10.2 Å². The van der Waals surface area contributed by atoms with E-state index in [9.17, 15) is 9.59 Å². The smallest absolute Gasteiger partial charge is 0.227 e. The van der Waals surface area contributed by atoms with Gasteiger partial charge in [-0.05, 0) is 36.8 Å². The summed E-state index contributed by atoms with van der Waals surface area (Å²) in [5.41, 5.74) is 2.11. The first-order chi connectivity index (χ1) is 11.0. The molecule has 126 valence electrons. The van der Waals surface area contributed by atoms with E-state index in [1.54, 1.807) is 4.90 Å². The van der Waals surface area contributed by atoms with E-state index < -0.39 is 0 Å². The Kier molecular flexibility index (Phi) is 6.20. The molecule has 1 aromatic rings. The molecule has 23 heavy (non-hydrogen) atoms. The minimum absolute atomic E-state index is 0.0126. The van der Waals surface area contributed by atoms with Gasteiger partial charge in [-0.3, -0.25) is 9.59 Å². The van der Waals surface area contributed by atoms with Crippen LogP contribution in [0.4, 0.5) is 5.69 Å². The zero-order chi connectivity index (χ0) is 16.8. The quantitative estimate of drug-likeness (QED) is 0.786. The lowest BCUT2D eigenvalue weighted by molar-refractivity contribution is -0.126. The van der Waals surface area contributed by atoms with Gasteiger partial charge in [0.2, 0.25) is 11.8 Å². The Balaban J connectivity index is 1.93. The van der Waals surface area contributed by atoms with Gasteiger partial charge in [0, 0.05) is 25.2 Å². The molecule has 4 heteroatoms. The van der Waals surface area contributed by atoms with Gasteiger partial charge in [0.15, 0.2) is 0 Å². The molecule has 1 N–H and O–H groups in total. The molecule has 1 aliphatic rings. The van der Waals surface area contributed by atoms with Gasteiger partial charge in [0.25, 0.3) is 0 Å². The van der Waals surface area contributed by atoms with E-state index in [4.69, 9.17) is 0 Å². The molecule has 0 saturated carbocycles. The van der Waals surface area contributed by atoms with Gasteiger partial charge < -0.3 is 10.2 Å². The molecule has 2 amide bonds. The zero-order valence-electron chi connectivity index (χ0n) is 14.5. The fourth-order valence-corrected chi connectivity index (χ4v) is 3.06. The highest BCUT2D eigenvalue weighted by molar-refractivity contribution is 6.00. The van der Waals surface area contributed by atoms with E-state index in [1.165, 1.54) is 0 Å². The third-order valence-electron chi connectivity index (χ3n) is 4.42. The topological polar surface area (TPSA) is 49.4 Å². The number of hydrogen-bond donors (Lipinski definition) is 1. The van der Waals surface area contributed by atoms with Crippen molar-refractivity contribution in [3.63, 3.8) is 0 Å². The highest BCUT2D eigenvalue weighted by Crippen LogP contribution is 2.28. The second-order valence-corrected chi connectivity index (χ2v) is 6.71. The number of carbonyl (C=O) groups is 2. The van der Waals surface area contributed by atoms with E-state index >= 15 is 0 Å². The molecule has 1 aromatic carbocycles. The molecule has 0 spiro atoms. The molecular formula is C19H28N2O2. The number of para-hydroxylation sites is 1. The Morgan fingerprint density at radius 3 is 2.78 bits per heavy atom. The number of benzene rings is 1. The molecule has 4 nitrogen and oxygen atoms in total. The van der Waals surface area contributed by atoms with Gasteiger partial charge in [0.05, 0.1) is 5.92 Å². The van der Waals surface area contributed by atoms with Crippen molar-refractivity contribution in [1.82, 2.24) is 5.32 Å². The standard InChI is InChI=1S/C19H28N2O2/c1-4-15-9-5-6-10-17(15)21-13-16(12-18(21)22)19(23)20-11-7-8-14(2)3/h5-6,9-10,14,16H,4,7-8,11-13H2,1-3H3,(H,20,23). The number of rotatable bonds is 7. The zero-order valence-corrected chi connectivity index (χ0v) is 14.5. The number of hydrogen-bond acceptors (Lipinski definition) is 2. The molecular weight excluding hydrogens is 288 g/mol. The molecule has 0 aliphatic carbocycles. The van der Waals surface area contributed by atoms with Crippen LogP contribution in [0.25, 0.3) is 0 Å². The van der Waals surface area contributed by atoms with Crippen LogP contribution in [0.5, 0.6) is 0 Å². The Bertz CT molecular complexity index is 554. The van der Waals surface area contributed by atoms with Crippen molar-refractivity contribution in [2.75, 3.05) is 18.0 Å². The van der Waals surface area contributed by atoms with Crippen molar-refractivity contribution in [3.8, 4) is 0 Å². The van der Waals surface area contributed by atoms with Gasteiger partial charge in [-0.2, -0.15) is 0 Å². The van der Waals surface area contributed by atoms with Crippen LogP contribution in [0.3, 0.4) is 0 Å². The van der Waals surface area contributed by atoms with Crippen LogP contribution in [0.1, 0.15) is 45.6 Å². The number of amides is 2. The summed E-state index contributed by atoms with van der Waals surface area (Å²) in [7, 11) is 0. The summed E-state index contributed by atoms with van der Waals surface area (Å²) in [5.74, 6) is 0.485. The summed E-state index contributed by atoms with van der Waals surface area (Å²) in [6.07, 6.45) is 3.30. The van der Waals surface area contributed by atoms with Gasteiger partial charge in [-0.1, -0.05) is 39.0 Å². The van der Waals surface area contributed by atoms with E-state index in [-0.39, 0.29) is 17.7 Å². The monoisotopic (exact) mass is 316 g/mol. The van der Waals surface area contributed by atoms with E-state index in [0.29, 0.717) is 25.4 Å². The van der Waals surface area contributed by atoms with Gasteiger partial charge in [0.1, 0.15) is 0 Å². The molecule has 1 unspecified atom stereocenters. The molecule has 1 aliphatic heterocycles. The maximum Gasteiger partial charge on any atom is 0.227 e. The first-order valence-electron chi connectivity index (χ1n) is 8.68. The number of nitrogens with zero attached hydrogens (tertiary/aromatic N) is 1. The van der Waals surface area contributed by atoms with Crippen LogP contribution >= 0.6 is 0 Å². The fourth-order valence-electron chi connectivity index (χ4n) is 3.06. The van der Waals surface area contributed by atoms with Gasteiger partial charge in [-0.15, -0.1) is 0 Å². The van der Waals surface area contributed by atoms with Gasteiger partial charge in [-0.25, -0.2) is 0 Å². The predicted molar refractivity (Wildman–Crippen MR) is 93.4 cm³/mol. The maximum atomic E-state index is 12.3. The number of aryl methyl sites for hydroxylation is 1. The van der Waals surface area contributed by atoms with Crippen molar-refractivity contribution in [2.45, 2.75) is 46.5 Å². The lowest BCUT2D eigenvalue weighted by Crippen LogP contribution is -2.33. The number of anilines is 1. The molecule has 0 aromatic heterocycles. The summed E-state index contributed by atoms with van der Waals surface area (Å²) in [6.45, 7) is 7.64. The van der Waals surface area contributed by atoms with Crippen LogP contribution in [-0.2, 0) is 16.0 Å². The summed E-state index contributed by atoms with van der Waals surface area (Å²) in [4.78, 5) is 26.4. The lowest BCUT2D eigenvalue weighted by atomic mass is 10.1.